The van der Waals surface area contributed by atoms with Gasteiger partial charge in [-0.2, -0.15) is 0 Å². The lowest BCUT2D eigenvalue weighted by Crippen LogP contribution is -2.31. The summed E-state index contributed by atoms with van der Waals surface area (Å²) < 4.78 is 1.46. The summed E-state index contributed by atoms with van der Waals surface area (Å²) in [5, 5.41) is 1.87. The average Bonchev–Trinajstić information content (AvgIpc) is 2.95. The molecule has 0 saturated carbocycles. The summed E-state index contributed by atoms with van der Waals surface area (Å²) in [6.07, 6.45) is 3.12. The van der Waals surface area contributed by atoms with E-state index in [0.717, 1.165) is 4.88 Å². The van der Waals surface area contributed by atoms with Gasteiger partial charge in [0.25, 0.3) is 5.56 Å². The van der Waals surface area contributed by atoms with Crippen molar-refractivity contribution in [3.63, 3.8) is 0 Å². The Labute approximate surface area is 119 Å². The van der Waals surface area contributed by atoms with Crippen molar-refractivity contribution >= 4 is 17.1 Å². The second kappa shape index (κ2) is 6.47. The summed E-state index contributed by atoms with van der Waals surface area (Å²) in [6.45, 7) is 2.29. The van der Waals surface area contributed by atoms with Crippen LogP contribution in [-0.2, 0) is 13.0 Å². The van der Waals surface area contributed by atoms with E-state index in [9.17, 15) is 14.4 Å². The average molecular weight is 292 g/mol. The van der Waals surface area contributed by atoms with Crippen LogP contribution in [-0.4, -0.2) is 15.3 Å². The predicted octanol–water partition coefficient (Wildman–Crippen LogP) is 1.82. The molecule has 2 aromatic rings. The van der Waals surface area contributed by atoms with E-state index in [1.807, 2.05) is 18.4 Å². The number of aromatic nitrogens is 2. The Balaban J connectivity index is 1.99. The van der Waals surface area contributed by atoms with Crippen molar-refractivity contribution in [2.75, 3.05) is 0 Å². The molecule has 0 aliphatic heterocycles. The highest BCUT2D eigenvalue weighted by atomic mass is 32.1. The number of aryl methyl sites for hydroxylation is 2. The first-order chi connectivity index (χ1) is 9.61. The number of ketones is 1. The second-order valence-corrected chi connectivity index (χ2v) is 5.41. The van der Waals surface area contributed by atoms with Gasteiger partial charge in [0.15, 0.2) is 5.78 Å². The molecule has 2 heterocycles. The molecule has 0 atom stereocenters. The summed E-state index contributed by atoms with van der Waals surface area (Å²) in [6, 6.07) is 3.65. The van der Waals surface area contributed by atoms with Crippen molar-refractivity contribution in [2.45, 2.75) is 32.7 Å². The van der Waals surface area contributed by atoms with E-state index in [0.29, 0.717) is 31.4 Å². The maximum Gasteiger partial charge on any atom is 0.328 e. The molecule has 1 N–H and O–H groups in total. The van der Waals surface area contributed by atoms with E-state index in [1.54, 1.807) is 12.3 Å². The van der Waals surface area contributed by atoms with Crippen molar-refractivity contribution < 1.29 is 4.79 Å². The molecule has 0 spiro atoms. The minimum Gasteiger partial charge on any atom is -0.300 e. The number of hydrogen-bond donors (Lipinski definition) is 1. The van der Waals surface area contributed by atoms with Gasteiger partial charge in [-0.15, -0.1) is 11.3 Å². The third-order valence-corrected chi connectivity index (χ3v) is 3.98. The Bertz CT molecular complexity index is 698. The lowest BCUT2D eigenvalue weighted by molar-refractivity contribution is 0.0982. The van der Waals surface area contributed by atoms with Gasteiger partial charge >= 0.3 is 5.69 Å². The van der Waals surface area contributed by atoms with E-state index in [-0.39, 0.29) is 11.3 Å². The minimum atomic E-state index is -0.421. The second-order valence-electron chi connectivity index (χ2n) is 4.46. The zero-order chi connectivity index (χ0) is 14.5. The van der Waals surface area contributed by atoms with Crippen molar-refractivity contribution in [3.05, 3.63) is 55.0 Å². The molecule has 0 saturated heterocycles. The van der Waals surface area contributed by atoms with Gasteiger partial charge in [-0.05, 0) is 24.3 Å². The highest BCUT2D eigenvalue weighted by molar-refractivity contribution is 7.12. The van der Waals surface area contributed by atoms with Crippen LogP contribution in [0.1, 0.15) is 35.0 Å². The van der Waals surface area contributed by atoms with Crippen LogP contribution in [0.5, 0.6) is 0 Å². The fourth-order valence-electron chi connectivity index (χ4n) is 1.94. The molecule has 0 fully saturated rings. The number of carbonyl (C=O) groups is 1. The molecular weight excluding hydrogens is 276 g/mol. The maximum absolute atomic E-state index is 11.8. The zero-order valence-electron chi connectivity index (χ0n) is 11.2. The Kier molecular flexibility index (Phi) is 4.68. The van der Waals surface area contributed by atoms with Crippen LogP contribution in [0, 0.1) is 0 Å². The first kappa shape index (κ1) is 14.5. The summed E-state index contributed by atoms with van der Waals surface area (Å²) in [5.74, 6) is 0.0909. The largest absolute Gasteiger partial charge is 0.328 e. The molecule has 2 rings (SSSR count). The van der Waals surface area contributed by atoms with Crippen LogP contribution >= 0.6 is 11.3 Å². The van der Waals surface area contributed by atoms with Gasteiger partial charge in [-0.3, -0.25) is 14.6 Å². The van der Waals surface area contributed by atoms with Crippen LogP contribution < -0.4 is 11.2 Å². The van der Waals surface area contributed by atoms with Crippen molar-refractivity contribution in [1.82, 2.24) is 9.55 Å². The number of rotatable bonds is 6. The van der Waals surface area contributed by atoms with Crippen LogP contribution in [0.2, 0.25) is 0 Å². The SMILES string of the molecule is CCc1cn(CCCC(=O)c2cccs2)c(=O)[nH]c1=O. The molecule has 0 aliphatic rings. The van der Waals surface area contributed by atoms with Crippen LogP contribution in [0.4, 0.5) is 0 Å². The van der Waals surface area contributed by atoms with Crippen LogP contribution in [0.15, 0.2) is 33.3 Å². The smallest absolute Gasteiger partial charge is 0.300 e. The lowest BCUT2D eigenvalue weighted by atomic mass is 10.2. The quantitative estimate of drug-likeness (QED) is 0.826. The summed E-state index contributed by atoms with van der Waals surface area (Å²) in [5.41, 5.74) is -0.173. The highest BCUT2D eigenvalue weighted by Gasteiger charge is 2.07. The molecular formula is C14H16N2O3S. The molecule has 2 aromatic heterocycles. The first-order valence-corrected chi connectivity index (χ1v) is 7.39. The minimum absolute atomic E-state index is 0.0909. The normalized spacial score (nSPS) is 10.7. The molecule has 6 heteroatoms. The number of thiophene rings is 1. The Morgan fingerprint density at radius 1 is 1.40 bits per heavy atom. The number of aromatic amines is 1. The highest BCUT2D eigenvalue weighted by Crippen LogP contribution is 2.12. The monoisotopic (exact) mass is 292 g/mol. The molecule has 0 aliphatic carbocycles. The van der Waals surface area contributed by atoms with Crippen LogP contribution in [0.3, 0.4) is 0 Å². The number of carbonyl (C=O) groups excluding carboxylic acids is 1. The van der Waals surface area contributed by atoms with Gasteiger partial charge in [-0.25, -0.2) is 4.79 Å². The number of nitrogens with one attached hydrogen (secondary N) is 1. The van der Waals surface area contributed by atoms with Crippen molar-refractivity contribution in [1.29, 1.82) is 0 Å². The lowest BCUT2D eigenvalue weighted by Gasteiger charge is -2.06. The van der Waals surface area contributed by atoms with Gasteiger partial charge in [0.2, 0.25) is 0 Å². The van der Waals surface area contributed by atoms with Crippen molar-refractivity contribution in [3.8, 4) is 0 Å². The van der Waals surface area contributed by atoms with Crippen molar-refractivity contribution in [2.24, 2.45) is 0 Å². The van der Waals surface area contributed by atoms with Gasteiger partial charge in [0.05, 0.1) is 4.88 Å². The zero-order valence-corrected chi connectivity index (χ0v) is 12.0. The van der Waals surface area contributed by atoms with Gasteiger partial charge in [0, 0.05) is 24.7 Å². The van der Waals surface area contributed by atoms with Gasteiger partial charge in [0.1, 0.15) is 0 Å². The number of H-pyrrole nitrogens is 1. The third-order valence-electron chi connectivity index (χ3n) is 3.06. The maximum atomic E-state index is 11.8. The first-order valence-electron chi connectivity index (χ1n) is 6.51. The Morgan fingerprint density at radius 2 is 2.20 bits per heavy atom. The Morgan fingerprint density at radius 3 is 2.85 bits per heavy atom. The molecule has 0 unspecified atom stereocenters. The van der Waals surface area contributed by atoms with Gasteiger partial charge < -0.3 is 4.57 Å². The van der Waals surface area contributed by atoms with E-state index < -0.39 is 5.69 Å². The molecule has 20 heavy (non-hydrogen) atoms. The molecule has 0 bridgehead atoms. The predicted molar refractivity (Wildman–Crippen MR) is 78.6 cm³/mol. The fraction of sp³-hybridized carbons (Fsp3) is 0.357. The van der Waals surface area contributed by atoms with Crippen LogP contribution in [0.25, 0.3) is 0 Å². The number of hydrogen-bond acceptors (Lipinski definition) is 4. The molecule has 0 aromatic carbocycles. The van der Waals surface area contributed by atoms with Gasteiger partial charge in [-0.1, -0.05) is 13.0 Å². The molecule has 106 valence electrons. The van der Waals surface area contributed by atoms with E-state index in [1.165, 1.54) is 15.9 Å². The molecule has 0 radical (unpaired) electrons. The standard InChI is InChI=1S/C14H16N2O3S/c1-2-10-9-16(14(19)15-13(10)18)7-3-5-11(17)12-6-4-8-20-12/h4,6,8-9H,2-3,5,7H2,1H3,(H,15,18,19). The molecule has 5 nitrogen and oxygen atoms in total. The summed E-state index contributed by atoms with van der Waals surface area (Å²) in [4.78, 5) is 37.9. The number of Topliss-reactive ketones (excluding diaryl/α,β-unsaturated/α-hetero) is 1. The third kappa shape index (κ3) is 3.33. The number of nitrogens with zero attached hydrogens (tertiary/aromatic N) is 1. The topological polar surface area (TPSA) is 71.9 Å². The Hall–Kier alpha value is -1.95. The molecule has 0 amide bonds. The van der Waals surface area contributed by atoms with E-state index >= 15 is 0 Å². The summed E-state index contributed by atoms with van der Waals surface area (Å²) >= 11 is 1.42. The fourth-order valence-corrected chi connectivity index (χ4v) is 2.64. The van der Waals surface area contributed by atoms with E-state index in [2.05, 4.69) is 4.98 Å². The summed E-state index contributed by atoms with van der Waals surface area (Å²) in [7, 11) is 0. The van der Waals surface area contributed by atoms with E-state index in [4.69, 9.17) is 0 Å².